The zero-order chi connectivity index (χ0) is 17.6. The van der Waals surface area contributed by atoms with Crippen LogP contribution in [0.3, 0.4) is 0 Å². The van der Waals surface area contributed by atoms with Gasteiger partial charge in [0, 0.05) is 40.4 Å². The van der Waals surface area contributed by atoms with E-state index in [0.29, 0.717) is 0 Å². The molecule has 6 nitrogen and oxygen atoms in total. The van der Waals surface area contributed by atoms with Gasteiger partial charge < -0.3 is 20.3 Å². The molecule has 0 spiro atoms. The van der Waals surface area contributed by atoms with Gasteiger partial charge in [0.15, 0.2) is 5.96 Å². The first-order valence-corrected chi connectivity index (χ1v) is 9.43. The Hall–Kier alpha value is -1.30. The van der Waals surface area contributed by atoms with Gasteiger partial charge in [0.1, 0.15) is 6.54 Å². The van der Waals surface area contributed by atoms with Crippen LogP contribution in [0, 0.1) is 5.92 Å². The summed E-state index contributed by atoms with van der Waals surface area (Å²) < 4.78 is 5.35. The largest absolute Gasteiger partial charge is 0.382 e. The van der Waals surface area contributed by atoms with Gasteiger partial charge >= 0.3 is 0 Å². The van der Waals surface area contributed by atoms with Gasteiger partial charge in [-0.2, -0.15) is 0 Å². The molecule has 0 aromatic heterocycles. The number of carbonyl (C=O) groups is 1. The Morgan fingerprint density at radius 3 is 2.58 bits per heavy atom. The van der Waals surface area contributed by atoms with Crippen LogP contribution >= 0.6 is 0 Å². The molecule has 1 aliphatic carbocycles. The molecule has 0 aromatic rings. The van der Waals surface area contributed by atoms with Crippen LogP contribution < -0.4 is 10.6 Å². The fraction of sp³-hybridized carbons (Fsp3) is 0.889. The van der Waals surface area contributed by atoms with Gasteiger partial charge in [0.05, 0.1) is 0 Å². The van der Waals surface area contributed by atoms with Crippen LogP contribution in [0.4, 0.5) is 0 Å². The summed E-state index contributed by atoms with van der Waals surface area (Å²) in [7, 11) is 3.52. The molecule has 1 fully saturated rings. The molecule has 0 saturated heterocycles. The van der Waals surface area contributed by atoms with Crippen LogP contribution in [-0.2, 0) is 9.53 Å². The Morgan fingerprint density at radius 1 is 1.17 bits per heavy atom. The topological polar surface area (TPSA) is 66.0 Å². The van der Waals surface area contributed by atoms with Crippen molar-refractivity contribution in [3.05, 3.63) is 0 Å². The molecule has 0 radical (unpaired) electrons. The predicted molar refractivity (Wildman–Crippen MR) is 99.3 cm³/mol. The van der Waals surface area contributed by atoms with E-state index in [1.165, 1.54) is 32.1 Å². The maximum atomic E-state index is 11.7. The number of ether oxygens (including phenoxy) is 1. The highest BCUT2D eigenvalue weighted by atomic mass is 16.5. The molecule has 0 heterocycles. The number of aliphatic imine (C=N–C) groups is 1. The Balaban J connectivity index is 2.36. The average molecular weight is 341 g/mol. The van der Waals surface area contributed by atoms with Gasteiger partial charge in [0.2, 0.25) is 5.91 Å². The zero-order valence-electron chi connectivity index (χ0n) is 15.8. The Kier molecular flexibility index (Phi) is 11.3. The van der Waals surface area contributed by atoms with Crippen LogP contribution in [0.1, 0.15) is 51.9 Å². The molecule has 0 aromatic carbocycles. The minimum atomic E-state index is 0.0186. The van der Waals surface area contributed by atoms with Crippen molar-refractivity contribution in [2.75, 3.05) is 46.9 Å². The highest BCUT2D eigenvalue weighted by molar-refractivity contribution is 5.84. The molecule has 2 N–H and O–H groups in total. The fourth-order valence-electron chi connectivity index (χ4n) is 2.77. The lowest BCUT2D eigenvalue weighted by Gasteiger charge is -2.23. The molecular weight excluding hydrogens is 304 g/mol. The van der Waals surface area contributed by atoms with Gasteiger partial charge in [0.25, 0.3) is 0 Å². The number of carbonyl (C=O) groups excluding carboxylic acids is 1. The summed E-state index contributed by atoms with van der Waals surface area (Å²) in [6.07, 6.45) is 8.70. The average Bonchev–Trinajstić information content (AvgIpc) is 2.60. The van der Waals surface area contributed by atoms with Crippen molar-refractivity contribution in [3.8, 4) is 0 Å². The van der Waals surface area contributed by atoms with E-state index in [4.69, 9.17) is 4.74 Å². The Labute approximate surface area is 147 Å². The third-order valence-corrected chi connectivity index (χ3v) is 4.37. The van der Waals surface area contributed by atoms with Crippen LogP contribution in [-0.4, -0.2) is 63.7 Å². The maximum Gasteiger partial charge on any atom is 0.243 e. The van der Waals surface area contributed by atoms with Crippen molar-refractivity contribution in [1.29, 1.82) is 0 Å². The number of amides is 1. The number of rotatable bonds is 10. The van der Waals surface area contributed by atoms with E-state index in [0.717, 1.165) is 51.0 Å². The molecule has 1 saturated carbocycles. The quantitative estimate of drug-likeness (QED) is 0.363. The van der Waals surface area contributed by atoms with Gasteiger partial charge in [-0.05, 0) is 38.5 Å². The first kappa shape index (κ1) is 20.7. The van der Waals surface area contributed by atoms with Crippen LogP contribution in [0.15, 0.2) is 4.99 Å². The normalized spacial score (nSPS) is 16.0. The van der Waals surface area contributed by atoms with Crippen molar-refractivity contribution in [1.82, 2.24) is 15.5 Å². The highest BCUT2D eigenvalue weighted by Gasteiger charge is 2.14. The lowest BCUT2D eigenvalue weighted by Crippen LogP contribution is -2.41. The molecule has 140 valence electrons. The molecular formula is C18H36N4O2. The van der Waals surface area contributed by atoms with Crippen molar-refractivity contribution in [3.63, 3.8) is 0 Å². The lowest BCUT2D eigenvalue weighted by atomic mass is 9.89. The van der Waals surface area contributed by atoms with E-state index >= 15 is 0 Å². The van der Waals surface area contributed by atoms with Crippen molar-refractivity contribution < 1.29 is 9.53 Å². The molecule has 24 heavy (non-hydrogen) atoms. The number of nitrogens with one attached hydrogen (secondary N) is 2. The number of hydrogen-bond acceptors (Lipinski definition) is 3. The second-order valence-corrected chi connectivity index (χ2v) is 6.67. The van der Waals surface area contributed by atoms with Gasteiger partial charge in [-0.15, -0.1) is 0 Å². The monoisotopic (exact) mass is 340 g/mol. The van der Waals surface area contributed by atoms with Gasteiger partial charge in [-0.1, -0.05) is 19.3 Å². The number of hydrogen-bond donors (Lipinski definition) is 2. The van der Waals surface area contributed by atoms with E-state index in [2.05, 4.69) is 15.6 Å². The Bertz CT molecular complexity index is 366. The second-order valence-electron chi connectivity index (χ2n) is 6.67. The number of nitrogens with zero attached hydrogens (tertiary/aromatic N) is 2. The first-order valence-electron chi connectivity index (χ1n) is 9.43. The highest BCUT2D eigenvalue weighted by Crippen LogP contribution is 2.22. The summed E-state index contributed by atoms with van der Waals surface area (Å²) in [6.45, 7) is 5.57. The lowest BCUT2D eigenvalue weighted by molar-refractivity contribution is -0.127. The summed E-state index contributed by atoms with van der Waals surface area (Å²) in [6, 6.07) is 0. The molecule has 1 rings (SSSR count). The minimum Gasteiger partial charge on any atom is -0.382 e. The van der Waals surface area contributed by atoms with Crippen LogP contribution in [0.2, 0.25) is 0 Å². The van der Waals surface area contributed by atoms with E-state index in [9.17, 15) is 4.79 Å². The zero-order valence-corrected chi connectivity index (χ0v) is 15.8. The van der Waals surface area contributed by atoms with E-state index < -0.39 is 0 Å². The molecule has 0 atom stereocenters. The standard InChI is InChI=1S/C18H36N4O2/c1-4-24-13-9-8-12-19-18(21-15-17(23)22(2)3)20-14-16-10-6-5-7-11-16/h16H,4-15H2,1-3H3,(H2,19,20,21). The number of guanidine groups is 1. The van der Waals surface area contributed by atoms with Crippen LogP contribution in [0.25, 0.3) is 0 Å². The van der Waals surface area contributed by atoms with E-state index in [1.807, 2.05) is 6.92 Å². The molecule has 0 unspecified atom stereocenters. The number of likely N-dealkylation sites (N-methyl/N-ethyl adjacent to an activating group) is 1. The van der Waals surface area contributed by atoms with Crippen molar-refractivity contribution >= 4 is 11.9 Å². The van der Waals surface area contributed by atoms with E-state index in [1.54, 1.807) is 19.0 Å². The maximum absolute atomic E-state index is 11.7. The van der Waals surface area contributed by atoms with Crippen molar-refractivity contribution in [2.24, 2.45) is 10.9 Å². The first-order chi connectivity index (χ1) is 11.6. The SMILES string of the molecule is CCOCCCCNC(=NCC(=O)N(C)C)NCC1CCCCC1. The Morgan fingerprint density at radius 2 is 1.92 bits per heavy atom. The second kappa shape index (κ2) is 13.0. The fourth-order valence-corrected chi connectivity index (χ4v) is 2.77. The third-order valence-electron chi connectivity index (χ3n) is 4.37. The summed E-state index contributed by atoms with van der Waals surface area (Å²) in [5.74, 6) is 1.51. The minimum absolute atomic E-state index is 0.0186. The molecule has 6 heteroatoms. The molecule has 1 aliphatic rings. The smallest absolute Gasteiger partial charge is 0.243 e. The predicted octanol–water partition coefficient (Wildman–Crippen LogP) is 2.01. The van der Waals surface area contributed by atoms with Crippen molar-refractivity contribution in [2.45, 2.75) is 51.9 Å². The molecule has 1 amide bonds. The van der Waals surface area contributed by atoms with Gasteiger partial charge in [-0.25, -0.2) is 4.99 Å². The summed E-state index contributed by atoms with van der Waals surface area (Å²) in [4.78, 5) is 17.8. The number of unbranched alkanes of at least 4 members (excludes halogenated alkanes) is 1. The summed E-state index contributed by atoms with van der Waals surface area (Å²) in [5.41, 5.74) is 0. The van der Waals surface area contributed by atoms with E-state index in [-0.39, 0.29) is 12.5 Å². The molecule has 0 bridgehead atoms. The summed E-state index contributed by atoms with van der Waals surface area (Å²) >= 11 is 0. The molecule has 0 aliphatic heterocycles. The summed E-state index contributed by atoms with van der Waals surface area (Å²) in [5, 5.41) is 6.77. The van der Waals surface area contributed by atoms with Crippen LogP contribution in [0.5, 0.6) is 0 Å². The van der Waals surface area contributed by atoms with Gasteiger partial charge in [-0.3, -0.25) is 4.79 Å². The third kappa shape index (κ3) is 9.75.